The fourth-order valence-electron chi connectivity index (χ4n) is 2.83. The van der Waals surface area contributed by atoms with Gasteiger partial charge in [-0.05, 0) is 48.7 Å². The summed E-state index contributed by atoms with van der Waals surface area (Å²) in [4.78, 5) is 16.4. The summed E-state index contributed by atoms with van der Waals surface area (Å²) in [7, 11) is 4.89. The second-order valence-electron chi connectivity index (χ2n) is 6.34. The Kier molecular flexibility index (Phi) is 8.82. The molecule has 0 radical (unpaired) electrons. The second kappa shape index (κ2) is 11.6. The highest BCUT2D eigenvalue weighted by Crippen LogP contribution is 2.27. The zero-order valence-corrected chi connectivity index (χ0v) is 17.5. The van der Waals surface area contributed by atoms with Gasteiger partial charge < -0.3 is 25.4 Å². The topological polar surface area (TPSA) is 84.0 Å². The highest BCUT2D eigenvalue weighted by Gasteiger charge is 2.06. The Morgan fingerprint density at radius 2 is 1.79 bits per heavy atom. The highest BCUT2D eigenvalue weighted by atomic mass is 16.5. The van der Waals surface area contributed by atoms with Crippen molar-refractivity contribution >= 4 is 11.9 Å². The standard InChI is InChI=1S/C22H30N4O3/c1-5-24-22(26-15-17-7-6-8-18(13-17)21(27)23-2)25-12-11-16-9-10-19(28-3)20(14-16)29-4/h6-10,13-14H,5,11-12,15H2,1-4H3,(H,23,27)(H2,24,25,26). The van der Waals surface area contributed by atoms with E-state index in [1.807, 2.05) is 43.3 Å². The van der Waals surface area contributed by atoms with Gasteiger partial charge in [0, 0.05) is 25.7 Å². The average molecular weight is 399 g/mol. The maximum Gasteiger partial charge on any atom is 0.251 e. The molecule has 0 heterocycles. The van der Waals surface area contributed by atoms with Crippen LogP contribution in [0.5, 0.6) is 11.5 Å². The van der Waals surface area contributed by atoms with Crippen molar-refractivity contribution in [3.05, 3.63) is 59.2 Å². The van der Waals surface area contributed by atoms with Crippen LogP contribution in [0.15, 0.2) is 47.5 Å². The summed E-state index contributed by atoms with van der Waals surface area (Å²) in [5.74, 6) is 2.08. The molecule has 0 saturated heterocycles. The van der Waals surface area contributed by atoms with Crippen LogP contribution in [0.25, 0.3) is 0 Å². The molecule has 0 atom stereocenters. The van der Waals surface area contributed by atoms with Crippen LogP contribution in [0, 0.1) is 0 Å². The zero-order chi connectivity index (χ0) is 21.1. The first-order chi connectivity index (χ1) is 14.1. The SMILES string of the molecule is CCNC(=NCc1cccc(C(=O)NC)c1)NCCc1ccc(OC)c(OC)c1. The van der Waals surface area contributed by atoms with Crippen LogP contribution in [0.4, 0.5) is 0 Å². The van der Waals surface area contributed by atoms with Crippen LogP contribution < -0.4 is 25.4 Å². The van der Waals surface area contributed by atoms with Gasteiger partial charge in [-0.3, -0.25) is 4.79 Å². The van der Waals surface area contributed by atoms with E-state index in [-0.39, 0.29) is 5.91 Å². The van der Waals surface area contributed by atoms with Gasteiger partial charge in [0.15, 0.2) is 17.5 Å². The lowest BCUT2D eigenvalue weighted by Crippen LogP contribution is -2.38. The molecule has 0 spiro atoms. The molecule has 7 heteroatoms. The summed E-state index contributed by atoms with van der Waals surface area (Å²) in [5, 5.41) is 9.22. The third-order valence-corrected chi connectivity index (χ3v) is 4.33. The van der Waals surface area contributed by atoms with Gasteiger partial charge in [-0.2, -0.15) is 0 Å². The Morgan fingerprint density at radius 3 is 2.48 bits per heavy atom. The number of nitrogens with one attached hydrogen (secondary N) is 3. The number of carbonyl (C=O) groups excluding carboxylic acids is 1. The molecular formula is C22H30N4O3. The van der Waals surface area contributed by atoms with Crippen molar-refractivity contribution in [3.8, 4) is 11.5 Å². The van der Waals surface area contributed by atoms with Gasteiger partial charge in [0.05, 0.1) is 20.8 Å². The van der Waals surface area contributed by atoms with E-state index in [2.05, 4.69) is 20.9 Å². The van der Waals surface area contributed by atoms with Crippen LogP contribution in [-0.4, -0.2) is 46.2 Å². The Hall–Kier alpha value is -3.22. The first kappa shape index (κ1) is 22.1. The average Bonchev–Trinajstić information content (AvgIpc) is 2.76. The summed E-state index contributed by atoms with van der Waals surface area (Å²) in [5.41, 5.74) is 2.75. The molecule has 0 fully saturated rings. The third kappa shape index (κ3) is 6.71. The molecule has 29 heavy (non-hydrogen) atoms. The van der Waals surface area contributed by atoms with E-state index in [4.69, 9.17) is 9.47 Å². The number of ether oxygens (including phenoxy) is 2. The Balaban J connectivity index is 1.97. The lowest BCUT2D eigenvalue weighted by Gasteiger charge is -2.13. The number of methoxy groups -OCH3 is 2. The van der Waals surface area contributed by atoms with Crippen molar-refractivity contribution in [2.75, 3.05) is 34.4 Å². The van der Waals surface area contributed by atoms with Gasteiger partial charge in [0.1, 0.15) is 0 Å². The number of amides is 1. The van der Waals surface area contributed by atoms with Crippen molar-refractivity contribution in [2.45, 2.75) is 19.9 Å². The van der Waals surface area contributed by atoms with E-state index in [1.165, 1.54) is 0 Å². The predicted molar refractivity (Wildman–Crippen MR) is 116 cm³/mol. The number of aliphatic imine (C=N–C) groups is 1. The van der Waals surface area contributed by atoms with Gasteiger partial charge in [-0.1, -0.05) is 18.2 Å². The van der Waals surface area contributed by atoms with E-state index < -0.39 is 0 Å². The molecule has 156 valence electrons. The van der Waals surface area contributed by atoms with Gasteiger partial charge in [0.2, 0.25) is 0 Å². The molecule has 2 aromatic rings. The number of guanidine groups is 1. The number of nitrogens with zero attached hydrogens (tertiary/aromatic N) is 1. The summed E-state index contributed by atoms with van der Waals surface area (Å²) in [6.07, 6.45) is 0.816. The minimum Gasteiger partial charge on any atom is -0.493 e. The molecule has 0 saturated carbocycles. The van der Waals surface area contributed by atoms with E-state index in [9.17, 15) is 4.79 Å². The summed E-state index contributed by atoms with van der Waals surface area (Å²) < 4.78 is 10.6. The smallest absolute Gasteiger partial charge is 0.251 e. The first-order valence-electron chi connectivity index (χ1n) is 9.65. The summed E-state index contributed by atoms with van der Waals surface area (Å²) >= 11 is 0. The fraction of sp³-hybridized carbons (Fsp3) is 0.364. The van der Waals surface area contributed by atoms with Crippen molar-refractivity contribution in [2.24, 2.45) is 4.99 Å². The second-order valence-corrected chi connectivity index (χ2v) is 6.34. The van der Waals surface area contributed by atoms with E-state index in [0.29, 0.717) is 12.1 Å². The summed E-state index contributed by atoms with van der Waals surface area (Å²) in [6.45, 7) is 3.99. The first-order valence-corrected chi connectivity index (χ1v) is 9.65. The van der Waals surface area contributed by atoms with E-state index in [1.54, 1.807) is 27.3 Å². The van der Waals surface area contributed by atoms with Crippen molar-refractivity contribution in [1.29, 1.82) is 0 Å². The molecule has 0 aliphatic carbocycles. The Bertz CT molecular complexity index is 837. The zero-order valence-electron chi connectivity index (χ0n) is 17.5. The van der Waals surface area contributed by atoms with Crippen LogP contribution in [0.2, 0.25) is 0 Å². The number of benzene rings is 2. The monoisotopic (exact) mass is 398 g/mol. The van der Waals surface area contributed by atoms with Crippen LogP contribution in [0.1, 0.15) is 28.4 Å². The molecule has 1 amide bonds. The normalized spacial score (nSPS) is 11.0. The molecule has 0 aromatic heterocycles. The highest BCUT2D eigenvalue weighted by molar-refractivity contribution is 5.94. The van der Waals surface area contributed by atoms with Gasteiger partial charge in [-0.15, -0.1) is 0 Å². The molecule has 7 nitrogen and oxygen atoms in total. The third-order valence-electron chi connectivity index (χ3n) is 4.33. The van der Waals surface area contributed by atoms with Crippen LogP contribution in [-0.2, 0) is 13.0 Å². The molecule has 2 rings (SSSR count). The molecular weight excluding hydrogens is 368 g/mol. The van der Waals surface area contributed by atoms with E-state index in [0.717, 1.165) is 48.1 Å². The van der Waals surface area contributed by atoms with E-state index >= 15 is 0 Å². The van der Waals surface area contributed by atoms with Gasteiger partial charge >= 0.3 is 0 Å². The Morgan fingerprint density at radius 1 is 1.00 bits per heavy atom. The predicted octanol–water partition coefficient (Wildman–Crippen LogP) is 2.36. The number of hydrogen-bond acceptors (Lipinski definition) is 4. The fourth-order valence-corrected chi connectivity index (χ4v) is 2.83. The maximum absolute atomic E-state index is 11.8. The van der Waals surface area contributed by atoms with Crippen molar-refractivity contribution in [1.82, 2.24) is 16.0 Å². The largest absolute Gasteiger partial charge is 0.493 e. The summed E-state index contributed by atoms with van der Waals surface area (Å²) in [6, 6.07) is 13.4. The molecule has 0 bridgehead atoms. The number of hydrogen-bond donors (Lipinski definition) is 3. The minimum atomic E-state index is -0.101. The minimum absolute atomic E-state index is 0.101. The molecule has 2 aromatic carbocycles. The number of carbonyl (C=O) groups is 1. The lowest BCUT2D eigenvalue weighted by molar-refractivity contribution is 0.0963. The maximum atomic E-state index is 11.8. The number of rotatable bonds is 9. The lowest BCUT2D eigenvalue weighted by atomic mass is 10.1. The Labute approximate surface area is 172 Å². The van der Waals surface area contributed by atoms with Crippen LogP contribution in [0.3, 0.4) is 0 Å². The van der Waals surface area contributed by atoms with Gasteiger partial charge in [-0.25, -0.2) is 4.99 Å². The molecule has 3 N–H and O–H groups in total. The van der Waals surface area contributed by atoms with Crippen LogP contribution >= 0.6 is 0 Å². The van der Waals surface area contributed by atoms with Gasteiger partial charge in [0.25, 0.3) is 5.91 Å². The molecule has 0 unspecified atom stereocenters. The van der Waals surface area contributed by atoms with Crippen molar-refractivity contribution < 1.29 is 14.3 Å². The molecule has 0 aliphatic rings. The quantitative estimate of drug-likeness (QED) is 0.446. The van der Waals surface area contributed by atoms with Crippen molar-refractivity contribution in [3.63, 3.8) is 0 Å². The molecule has 0 aliphatic heterocycles.